The molecule has 10 heteroatoms. The van der Waals surface area contributed by atoms with E-state index in [1.165, 1.54) is 11.1 Å². The monoisotopic (exact) mass is 555 g/mol. The van der Waals surface area contributed by atoms with Crippen molar-refractivity contribution >= 4 is 17.8 Å². The number of aliphatic carboxylic acids is 1. The molecule has 0 radical (unpaired) electrons. The Hall–Kier alpha value is -4.18. The molecule has 3 aromatic rings. The molecule has 0 aliphatic carbocycles. The van der Waals surface area contributed by atoms with Crippen LogP contribution in [0, 0.1) is 12.8 Å². The number of halogens is 3. The molecule has 1 fully saturated rings. The summed E-state index contributed by atoms with van der Waals surface area (Å²) in [6.07, 6.45) is -4.46. The molecule has 40 heavy (non-hydrogen) atoms. The van der Waals surface area contributed by atoms with Gasteiger partial charge in [-0.1, -0.05) is 78.4 Å². The number of rotatable bonds is 7. The number of hydrogen-bond acceptors (Lipinski definition) is 4. The molecule has 0 spiro atoms. The first kappa shape index (κ1) is 30.4. The van der Waals surface area contributed by atoms with Crippen LogP contribution >= 0.6 is 0 Å². The Balaban J connectivity index is 0.000000559. The summed E-state index contributed by atoms with van der Waals surface area (Å²) in [5, 5.41) is 16.7. The summed E-state index contributed by atoms with van der Waals surface area (Å²) < 4.78 is 31.7. The predicted molar refractivity (Wildman–Crippen MR) is 145 cm³/mol. The Morgan fingerprint density at radius 1 is 0.900 bits per heavy atom. The Bertz CT molecular complexity index is 1210. The Kier molecular flexibility index (Phi) is 10.8. The Morgan fingerprint density at radius 3 is 1.93 bits per heavy atom. The van der Waals surface area contributed by atoms with E-state index in [2.05, 4.69) is 40.2 Å². The average Bonchev–Trinajstić information content (AvgIpc) is 2.94. The van der Waals surface area contributed by atoms with Gasteiger partial charge in [-0.05, 0) is 36.6 Å². The van der Waals surface area contributed by atoms with Gasteiger partial charge in [0, 0.05) is 37.2 Å². The van der Waals surface area contributed by atoms with Gasteiger partial charge in [0.15, 0.2) is 0 Å². The van der Waals surface area contributed by atoms with E-state index in [-0.39, 0.29) is 29.7 Å². The van der Waals surface area contributed by atoms with Crippen LogP contribution in [-0.2, 0) is 9.59 Å². The number of carbonyl (C=O) groups is 3. The van der Waals surface area contributed by atoms with Gasteiger partial charge in [0.05, 0.1) is 5.92 Å². The smallest absolute Gasteiger partial charge is 0.475 e. The van der Waals surface area contributed by atoms with Crippen molar-refractivity contribution in [1.29, 1.82) is 0 Å². The minimum Gasteiger partial charge on any atom is -0.475 e. The van der Waals surface area contributed by atoms with Crippen LogP contribution in [0.5, 0.6) is 0 Å². The van der Waals surface area contributed by atoms with Crippen LogP contribution in [-0.4, -0.2) is 54.7 Å². The lowest BCUT2D eigenvalue weighted by Crippen LogP contribution is -2.52. The Labute approximate surface area is 230 Å². The molecule has 3 aromatic carbocycles. The molecule has 212 valence electrons. The summed E-state index contributed by atoms with van der Waals surface area (Å²) >= 11 is 0. The minimum absolute atomic E-state index is 0.0219. The van der Waals surface area contributed by atoms with Gasteiger partial charge >= 0.3 is 12.1 Å². The van der Waals surface area contributed by atoms with Gasteiger partial charge in [0.1, 0.15) is 0 Å². The van der Waals surface area contributed by atoms with Crippen LogP contribution in [0.15, 0.2) is 84.9 Å². The third-order valence-corrected chi connectivity index (χ3v) is 6.50. The number of carboxylic acids is 1. The first-order valence-electron chi connectivity index (χ1n) is 12.8. The molecular weight excluding hydrogens is 523 g/mol. The van der Waals surface area contributed by atoms with Crippen molar-refractivity contribution in [1.82, 2.24) is 16.0 Å². The van der Waals surface area contributed by atoms with E-state index in [1.807, 2.05) is 67.6 Å². The van der Waals surface area contributed by atoms with Crippen molar-refractivity contribution in [3.8, 4) is 0 Å². The van der Waals surface area contributed by atoms with Gasteiger partial charge in [-0.15, -0.1) is 0 Å². The maximum absolute atomic E-state index is 13.0. The highest BCUT2D eigenvalue weighted by atomic mass is 19.4. The number of carboxylic acid groups (broad SMARTS) is 1. The number of nitrogens with one attached hydrogen (secondary N) is 3. The second-order valence-electron chi connectivity index (χ2n) is 9.55. The summed E-state index contributed by atoms with van der Waals surface area (Å²) in [4.78, 5) is 34.5. The molecule has 0 aromatic heterocycles. The molecule has 4 N–H and O–H groups in total. The highest BCUT2D eigenvalue weighted by molar-refractivity contribution is 5.94. The number of benzene rings is 3. The Morgan fingerprint density at radius 2 is 1.43 bits per heavy atom. The van der Waals surface area contributed by atoms with Crippen molar-refractivity contribution in [3.05, 3.63) is 107 Å². The SMILES string of the molecule is Cc1ccc(C(=O)N[C@H]2CNC[C@@H](C(=O)NCC(c3ccccc3)c3ccccc3)C2)cc1.O=C(O)C(F)(F)F. The van der Waals surface area contributed by atoms with Crippen molar-refractivity contribution in [2.45, 2.75) is 31.5 Å². The van der Waals surface area contributed by atoms with Gasteiger partial charge in [0.2, 0.25) is 5.91 Å². The van der Waals surface area contributed by atoms with Crippen molar-refractivity contribution in [2.75, 3.05) is 19.6 Å². The first-order chi connectivity index (χ1) is 19.0. The lowest BCUT2D eigenvalue weighted by molar-refractivity contribution is -0.192. The third kappa shape index (κ3) is 9.23. The highest BCUT2D eigenvalue weighted by Gasteiger charge is 2.38. The van der Waals surface area contributed by atoms with Crippen LogP contribution in [0.25, 0.3) is 0 Å². The fraction of sp³-hybridized carbons (Fsp3) is 0.300. The summed E-state index contributed by atoms with van der Waals surface area (Å²) in [6.45, 7) is 3.81. The molecular formula is C30H32F3N3O4. The van der Waals surface area contributed by atoms with E-state index in [9.17, 15) is 22.8 Å². The van der Waals surface area contributed by atoms with Gasteiger partial charge in [-0.3, -0.25) is 9.59 Å². The zero-order chi connectivity index (χ0) is 29.1. The molecule has 4 rings (SSSR count). The van der Waals surface area contributed by atoms with Crippen molar-refractivity contribution < 1.29 is 32.7 Å². The minimum atomic E-state index is -5.08. The van der Waals surface area contributed by atoms with E-state index in [4.69, 9.17) is 9.90 Å². The molecule has 1 saturated heterocycles. The van der Waals surface area contributed by atoms with Crippen LogP contribution in [0.1, 0.15) is 39.4 Å². The second kappa shape index (κ2) is 14.3. The lowest BCUT2D eigenvalue weighted by Gasteiger charge is -2.30. The van der Waals surface area contributed by atoms with E-state index < -0.39 is 12.1 Å². The number of carbonyl (C=O) groups excluding carboxylic acids is 2. The molecule has 0 saturated carbocycles. The zero-order valence-electron chi connectivity index (χ0n) is 21.9. The number of aryl methyl sites for hydroxylation is 1. The van der Waals surface area contributed by atoms with Gasteiger partial charge in [0.25, 0.3) is 5.91 Å². The molecule has 0 bridgehead atoms. The molecule has 1 heterocycles. The number of hydrogen-bond donors (Lipinski definition) is 4. The quantitative estimate of drug-likeness (QED) is 0.348. The molecule has 1 aliphatic rings. The topological polar surface area (TPSA) is 108 Å². The molecule has 1 aliphatic heterocycles. The molecule has 7 nitrogen and oxygen atoms in total. The van der Waals surface area contributed by atoms with Gasteiger partial charge < -0.3 is 21.1 Å². The number of amides is 2. The summed E-state index contributed by atoms with van der Waals surface area (Å²) in [5.74, 6) is -2.93. The van der Waals surface area contributed by atoms with E-state index in [0.717, 1.165) is 5.56 Å². The normalized spacial score (nSPS) is 16.8. The van der Waals surface area contributed by atoms with E-state index in [0.29, 0.717) is 31.6 Å². The lowest BCUT2D eigenvalue weighted by atomic mass is 9.90. The molecule has 2 atom stereocenters. The second-order valence-corrected chi connectivity index (χ2v) is 9.55. The highest BCUT2D eigenvalue weighted by Crippen LogP contribution is 2.24. The van der Waals surface area contributed by atoms with Gasteiger partial charge in [-0.25, -0.2) is 4.79 Å². The maximum atomic E-state index is 13.0. The van der Waals surface area contributed by atoms with Crippen LogP contribution in [0.4, 0.5) is 13.2 Å². The summed E-state index contributed by atoms with van der Waals surface area (Å²) in [5.41, 5.74) is 4.11. The fourth-order valence-electron chi connectivity index (χ4n) is 4.37. The number of alkyl halides is 3. The maximum Gasteiger partial charge on any atom is 0.490 e. The number of piperidine rings is 1. The van der Waals surface area contributed by atoms with E-state index >= 15 is 0 Å². The third-order valence-electron chi connectivity index (χ3n) is 6.50. The van der Waals surface area contributed by atoms with Crippen molar-refractivity contribution in [2.24, 2.45) is 5.92 Å². The van der Waals surface area contributed by atoms with Crippen molar-refractivity contribution in [3.63, 3.8) is 0 Å². The molecule has 2 amide bonds. The summed E-state index contributed by atoms with van der Waals surface area (Å²) in [7, 11) is 0. The largest absolute Gasteiger partial charge is 0.490 e. The van der Waals surface area contributed by atoms with E-state index in [1.54, 1.807) is 0 Å². The predicted octanol–water partition coefficient (Wildman–Crippen LogP) is 4.28. The fourth-order valence-corrected chi connectivity index (χ4v) is 4.37. The zero-order valence-corrected chi connectivity index (χ0v) is 21.9. The average molecular weight is 556 g/mol. The molecule has 0 unspecified atom stereocenters. The standard InChI is InChI=1S/C28H31N3O2.C2HF3O2/c1-20-12-14-23(15-13-20)28(33)31-25-16-24(17-29-18-25)27(32)30-19-26(21-8-4-2-5-9-21)22-10-6-3-7-11-22;3-2(4,5)1(6)7/h2-15,24-26,29H,16-19H2,1H3,(H,30,32)(H,31,33);(H,6,7)/t24-,25+;/m0./s1. The first-order valence-corrected chi connectivity index (χ1v) is 12.8. The summed E-state index contributed by atoms with van der Waals surface area (Å²) in [6, 6.07) is 28.0. The van der Waals surface area contributed by atoms with Crippen LogP contribution in [0.2, 0.25) is 0 Å². The van der Waals surface area contributed by atoms with Crippen LogP contribution < -0.4 is 16.0 Å². The van der Waals surface area contributed by atoms with Gasteiger partial charge in [-0.2, -0.15) is 13.2 Å². The van der Waals surface area contributed by atoms with Crippen LogP contribution in [0.3, 0.4) is 0 Å².